The molecule has 2 aliphatic rings. The number of amides is 1. The number of ether oxygens (including phenoxy) is 2. The van der Waals surface area contributed by atoms with Crippen molar-refractivity contribution in [1.82, 2.24) is 4.31 Å². The van der Waals surface area contributed by atoms with Crippen LogP contribution in [-0.4, -0.2) is 66.2 Å². The highest BCUT2D eigenvalue weighted by atomic mass is 32.2. The van der Waals surface area contributed by atoms with Crippen molar-refractivity contribution >= 4 is 37.3 Å². The number of nitrogens with one attached hydrogen (secondary N) is 1. The molecule has 0 aromatic heterocycles. The van der Waals surface area contributed by atoms with E-state index in [1.807, 2.05) is 0 Å². The van der Waals surface area contributed by atoms with Crippen LogP contribution in [0.15, 0.2) is 47.4 Å². The molecule has 0 aliphatic carbocycles. The Morgan fingerprint density at radius 3 is 2.22 bits per heavy atom. The van der Waals surface area contributed by atoms with Crippen molar-refractivity contribution in [2.75, 3.05) is 48.7 Å². The van der Waals surface area contributed by atoms with E-state index in [-0.39, 0.29) is 30.2 Å². The molecule has 0 unspecified atom stereocenters. The van der Waals surface area contributed by atoms with Gasteiger partial charge in [0.05, 0.1) is 16.8 Å². The van der Waals surface area contributed by atoms with Gasteiger partial charge < -0.3 is 14.8 Å². The lowest BCUT2D eigenvalue weighted by atomic mass is 10.2. The summed E-state index contributed by atoms with van der Waals surface area (Å²) in [5.41, 5.74) is 0.917. The molecule has 0 bridgehead atoms. The van der Waals surface area contributed by atoms with E-state index in [2.05, 4.69) is 5.32 Å². The van der Waals surface area contributed by atoms with Crippen molar-refractivity contribution in [3.63, 3.8) is 0 Å². The summed E-state index contributed by atoms with van der Waals surface area (Å²) in [5, 5.41) is 2.75. The molecular weight excluding hydrogens is 518 g/mol. The summed E-state index contributed by atoms with van der Waals surface area (Å²) >= 11 is 0. The fourth-order valence-corrected chi connectivity index (χ4v) is 6.90. The molecule has 2 aromatic rings. The Morgan fingerprint density at radius 2 is 1.57 bits per heavy atom. The molecule has 37 heavy (non-hydrogen) atoms. The first-order valence-corrected chi connectivity index (χ1v) is 15.7. The number of sulfonamides is 2. The van der Waals surface area contributed by atoms with Crippen molar-refractivity contribution in [3.05, 3.63) is 42.5 Å². The van der Waals surface area contributed by atoms with E-state index in [0.717, 1.165) is 31.9 Å². The fourth-order valence-electron chi connectivity index (χ4n) is 4.42. The molecule has 1 N–H and O–H groups in total. The van der Waals surface area contributed by atoms with Gasteiger partial charge in [-0.15, -0.1) is 0 Å². The van der Waals surface area contributed by atoms with Gasteiger partial charge in [0.2, 0.25) is 26.0 Å². The summed E-state index contributed by atoms with van der Waals surface area (Å²) in [7, 11) is -7.15. The zero-order valence-corrected chi connectivity index (χ0v) is 22.5. The highest BCUT2D eigenvalue weighted by Crippen LogP contribution is 2.34. The molecule has 1 saturated heterocycles. The fraction of sp³-hybridized carbons (Fsp3) is 0.480. The van der Waals surface area contributed by atoms with Crippen molar-refractivity contribution in [1.29, 1.82) is 0 Å². The first kappa shape index (κ1) is 27.2. The maximum atomic E-state index is 12.9. The second kappa shape index (κ2) is 11.7. The van der Waals surface area contributed by atoms with Gasteiger partial charge in [-0.1, -0.05) is 12.8 Å². The molecule has 12 heteroatoms. The third kappa shape index (κ3) is 6.93. The Balaban J connectivity index is 1.33. The second-order valence-corrected chi connectivity index (χ2v) is 13.0. The van der Waals surface area contributed by atoms with Crippen LogP contribution in [0.4, 0.5) is 11.4 Å². The predicted molar refractivity (Wildman–Crippen MR) is 141 cm³/mol. The van der Waals surface area contributed by atoms with Gasteiger partial charge in [-0.25, -0.2) is 16.8 Å². The number of anilines is 2. The van der Waals surface area contributed by atoms with Crippen LogP contribution < -0.4 is 19.1 Å². The molecule has 0 atom stereocenters. The molecule has 2 aromatic carbocycles. The lowest BCUT2D eigenvalue weighted by Crippen LogP contribution is -2.32. The van der Waals surface area contributed by atoms with Crippen LogP contribution in [0.2, 0.25) is 0 Å². The van der Waals surface area contributed by atoms with Gasteiger partial charge in [-0.05, 0) is 55.7 Å². The van der Waals surface area contributed by atoms with Gasteiger partial charge in [-0.2, -0.15) is 4.31 Å². The zero-order valence-electron chi connectivity index (χ0n) is 20.9. The topological polar surface area (TPSA) is 122 Å². The Bertz CT molecular complexity index is 1300. The minimum atomic E-state index is -3.59. The molecule has 0 saturated carbocycles. The van der Waals surface area contributed by atoms with Gasteiger partial charge in [0.1, 0.15) is 13.2 Å². The smallest absolute Gasteiger partial charge is 0.243 e. The minimum Gasteiger partial charge on any atom is -0.486 e. The van der Waals surface area contributed by atoms with Crippen LogP contribution in [0.25, 0.3) is 0 Å². The van der Waals surface area contributed by atoms with Gasteiger partial charge in [-0.3, -0.25) is 9.10 Å². The normalized spacial score (nSPS) is 16.6. The van der Waals surface area contributed by atoms with Crippen molar-refractivity contribution < 1.29 is 31.1 Å². The highest BCUT2D eigenvalue weighted by molar-refractivity contribution is 7.92. The molecular formula is C25H33N3O7S2. The Labute approximate surface area is 218 Å². The minimum absolute atomic E-state index is 0.0877. The summed E-state index contributed by atoms with van der Waals surface area (Å²) in [6.45, 7) is 1.99. The van der Waals surface area contributed by atoms with Gasteiger partial charge in [0, 0.05) is 37.8 Å². The van der Waals surface area contributed by atoms with Gasteiger partial charge in [0.15, 0.2) is 11.5 Å². The molecule has 1 fully saturated rings. The third-order valence-corrected chi connectivity index (χ3v) is 9.43. The molecule has 2 heterocycles. The average molecular weight is 552 g/mol. The van der Waals surface area contributed by atoms with Crippen LogP contribution in [0, 0.1) is 0 Å². The lowest BCUT2D eigenvalue weighted by molar-refractivity contribution is -0.116. The van der Waals surface area contributed by atoms with E-state index in [1.54, 1.807) is 30.3 Å². The molecule has 4 rings (SSSR count). The van der Waals surface area contributed by atoms with E-state index in [0.29, 0.717) is 49.2 Å². The number of hydrogen-bond acceptors (Lipinski definition) is 7. The molecule has 10 nitrogen and oxygen atoms in total. The van der Waals surface area contributed by atoms with Gasteiger partial charge >= 0.3 is 0 Å². The van der Waals surface area contributed by atoms with Gasteiger partial charge in [0.25, 0.3) is 0 Å². The summed E-state index contributed by atoms with van der Waals surface area (Å²) in [4.78, 5) is 12.7. The first-order chi connectivity index (χ1) is 17.6. The number of fused-ring (bicyclic) bond motifs is 1. The average Bonchev–Trinajstić information content (AvgIpc) is 3.16. The largest absolute Gasteiger partial charge is 0.486 e. The molecule has 2 aliphatic heterocycles. The number of carbonyl (C=O) groups excluding carboxylic acids is 1. The Kier molecular flexibility index (Phi) is 8.60. The van der Waals surface area contributed by atoms with Crippen LogP contribution in [0.5, 0.6) is 11.5 Å². The van der Waals surface area contributed by atoms with Crippen LogP contribution in [-0.2, 0) is 24.8 Å². The zero-order chi connectivity index (χ0) is 26.5. The van der Waals surface area contributed by atoms with Crippen molar-refractivity contribution in [2.24, 2.45) is 0 Å². The quantitative estimate of drug-likeness (QED) is 0.508. The predicted octanol–water partition coefficient (Wildman–Crippen LogP) is 3.21. The van der Waals surface area contributed by atoms with Crippen molar-refractivity contribution in [3.8, 4) is 11.5 Å². The monoisotopic (exact) mass is 551 g/mol. The number of nitrogens with zero attached hydrogens (tertiary/aromatic N) is 2. The third-order valence-electron chi connectivity index (χ3n) is 6.32. The molecule has 202 valence electrons. The van der Waals surface area contributed by atoms with Crippen molar-refractivity contribution in [2.45, 2.75) is 43.4 Å². The van der Waals surface area contributed by atoms with Crippen LogP contribution in [0.3, 0.4) is 0 Å². The maximum Gasteiger partial charge on any atom is 0.243 e. The number of hydrogen-bond donors (Lipinski definition) is 1. The number of carbonyl (C=O) groups is 1. The first-order valence-electron chi connectivity index (χ1n) is 12.4. The van der Waals surface area contributed by atoms with Crippen LogP contribution in [0.1, 0.15) is 38.5 Å². The van der Waals surface area contributed by atoms with E-state index in [9.17, 15) is 21.6 Å². The summed E-state index contributed by atoms with van der Waals surface area (Å²) in [5.74, 6) is 0.753. The summed E-state index contributed by atoms with van der Waals surface area (Å²) in [6.07, 6.45) is 5.28. The van der Waals surface area contributed by atoms with E-state index in [1.165, 1.54) is 20.7 Å². The summed E-state index contributed by atoms with van der Waals surface area (Å²) < 4.78 is 64.5. The van der Waals surface area contributed by atoms with E-state index < -0.39 is 20.0 Å². The molecule has 0 radical (unpaired) electrons. The summed E-state index contributed by atoms with van der Waals surface area (Å²) in [6, 6.07) is 11.1. The van der Waals surface area contributed by atoms with Crippen LogP contribution >= 0.6 is 0 Å². The SMILES string of the molecule is CS(=O)(=O)N(CCCC(=O)Nc1ccc(S(=O)(=O)N2CCCCCC2)cc1)c1ccc2c(c1)OCCO2. The second-order valence-electron chi connectivity index (χ2n) is 9.16. The lowest BCUT2D eigenvalue weighted by Gasteiger charge is -2.25. The van der Waals surface area contributed by atoms with E-state index in [4.69, 9.17) is 9.47 Å². The number of benzene rings is 2. The standard InChI is InChI=1S/C25H33N3O7S2/c1-36(30,31)28(21-10-13-23-24(19-21)35-18-17-34-23)16-6-7-25(29)26-20-8-11-22(12-9-20)37(32,33)27-14-4-2-3-5-15-27/h8-13,19H,2-7,14-18H2,1H3,(H,26,29). The number of rotatable bonds is 9. The Morgan fingerprint density at radius 1 is 0.919 bits per heavy atom. The maximum absolute atomic E-state index is 12.9. The van der Waals surface area contributed by atoms with E-state index >= 15 is 0 Å². The highest BCUT2D eigenvalue weighted by Gasteiger charge is 2.25. The Hall–Kier alpha value is -2.83. The molecule has 1 amide bonds. The molecule has 0 spiro atoms.